The van der Waals surface area contributed by atoms with Crippen molar-refractivity contribution in [1.82, 2.24) is 19.6 Å². The third-order valence-corrected chi connectivity index (χ3v) is 8.13. The number of nitrogens with zero attached hydrogens (tertiary/aromatic N) is 4. The van der Waals surface area contributed by atoms with Gasteiger partial charge in [0.05, 0.1) is 24.4 Å². The molecular weight excluding hydrogens is 474 g/mol. The molecule has 2 aliphatic carbocycles. The molecule has 0 radical (unpaired) electrons. The van der Waals surface area contributed by atoms with Crippen molar-refractivity contribution in [2.24, 2.45) is 0 Å². The van der Waals surface area contributed by atoms with Crippen LogP contribution in [0.3, 0.4) is 0 Å². The molecule has 3 aromatic rings. The van der Waals surface area contributed by atoms with Crippen molar-refractivity contribution >= 4 is 16.9 Å². The van der Waals surface area contributed by atoms with E-state index < -0.39 is 12.1 Å². The highest BCUT2D eigenvalue weighted by molar-refractivity contribution is 5.89. The number of fused-ring (bicyclic) bond motifs is 3. The van der Waals surface area contributed by atoms with E-state index in [1.54, 1.807) is 6.08 Å². The topological polar surface area (TPSA) is 72.9 Å². The lowest BCUT2D eigenvalue weighted by Gasteiger charge is -2.32. The number of aliphatic carboxylic acids is 1. The fourth-order valence-corrected chi connectivity index (χ4v) is 6.39. The van der Waals surface area contributed by atoms with Crippen molar-refractivity contribution in [3.63, 3.8) is 0 Å². The second-order valence-electron chi connectivity index (χ2n) is 10.4. The Hall–Kier alpha value is -3.55. The molecule has 1 aliphatic heterocycles. The molecule has 1 N–H and O–H groups in total. The minimum Gasteiger partial charge on any atom is -0.481 e. The minimum atomic E-state index is -0.829. The van der Waals surface area contributed by atoms with Gasteiger partial charge in [-0.05, 0) is 56.2 Å². The molecule has 6 nitrogen and oxygen atoms in total. The maximum atomic E-state index is 14.0. The van der Waals surface area contributed by atoms with Gasteiger partial charge in [-0.15, -0.1) is 5.10 Å². The summed E-state index contributed by atoms with van der Waals surface area (Å²) in [6, 6.07) is 8.02. The van der Waals surface area contributed by atoms with Gasteiger partial charge in [-0.2, -0.15) is 0 Å². The van der Waals surface area contributed by atoms with Gasteiger partial charge in [0, 0.05) is 35.5 Å². The van der Waals surface area contributed by atoms with Crippen molar-refractivity contribution in [2.75, 3.05) is 0 Å². The molecule has 6 rings (SSSR count). The zero-order valence-corrected chi connectivity index (χ0v) is 20.6. The van der Waals surface area contributed by atoms with E-state index in [2.05, 4.69) is 14.9 Å². The standard InChI is InChI=1S/C29H30F2N4O2/c30-20-9-5-18(6-10-20)29(19-7-11-21(31)12-8-19)27-16-32-33-35(27)22-13-14-26-24(15-28(36)37)23-3-1-2-4-25(23)34(26)17-22/h1-5,7,9,16,21-22,29H,6,8,10-15,17H2,(H,36,37). The fraction of sp³-hybridized carbons (Fsp3) is 0.414. The number of alkyl halides is 1. The maximum Gasteiger partial charge on any atom is 0.307 e. The highest BCUT2D eigenvalue weighted by Gasteiger charge is 2.33. The molecule has 0 saturated carbocycles. The summed E-state index contributed by atoms with van der Waals surface area (Å²) in [4.78, 5) is 11.6. The first-order valence-corrected chi connectivity index (χ1v) is 13.1. The van der Waals surface area contributed by atoms with Crippen molar-refractivity contribution in [3.8, 4) is 0 Å². The number of halogens is 2. The first-order valence-electron chi connectivity index (χ1n) is 13.1. The number of hydrogen-bond donors (Lipinski definition) is 1. The van der Waals surface area contributed by atoms with Gasteiger partial charge in [0.1, 0.15) is 12.0 Å². The third kappa shape index (κ3) is 4.43. The molecule has 3 atom stereocenters. The van der Waals surface area contributed by atoms with Crippen LogP contribution in [0.1, 0.15) is 67.4 Å². The van der Waals surface area contributed by atoms with E-state index in [9.17, 15) is 18.7 Å². The van der Waals surface area contributed by atoms with Crippen LogP contribution in [0.15, 0.2) is 65.7 Å². The molecule has 3 heterocycles. The summed E-state index contributed by atoms with van der Waals surface area (Å²) in [7, 11) is 0. The Morgan fingerprint density at radius 2 is 1.97 bits per heavy atom. The van der Waals surface area contributed by atoms with E-state index in [1.165, 1.54) is 0 Å². The van der Waals surface area contributed by atoms with Crippen LogP contribution in [0, 0.1) is 0 Å². The molecule has 2 aromatic heterocycles. The fourth-order valence-electron chi connectivity index (χ4n) is 6.39. The first kappa shape index (κ1) is 23.8. The van der Waals surface area contributed by atoms with Gasteiger partial charge < -0.3 is 9.67 Å². The smallest absolute Gasteiger partial charge is 0.307 e. The highest BCUT2D eigenvalue weighted by Crippen LogP contribution is 2.43. The Morgan fingerprint density at radius 1 is 1.11 bits per heavy atom. The van der Waals surface area contributed by atoms with Gasteiger partial charge in [0.15, 0.2) is 0 Å². The van der Waals surface area contributed by atoms with Crippen LogP contribution < -0.4 is 0 Å². The quantitative estimate of drug-likeness (QED) is 0.409. The van der Waals surface area contributed by atoms with E-state index in [4.69, 9.17) is 0 Å². The Kier molecular flexibility index (Phi) is 6.26. The van der Waals surface area contributed by atoms with Gasteiger partial charge in [-0.1, -0.05) is 46.7 Å². The number of carboxylic acids is 1. The summed E-state index contributed by atoms with van der Waals surface area (Å²) in [5, 5.41) is 19.4. The average Bonchev–Trinajstić information content (AvgIpc) is 3.50. The van der Waals surface area contributed by atoms with Crippen LogP contribution >= 0.6 is 0 Å². The number of allylic oxidation sites excluding steroid dienone is 6. The number of carboxylic acid groups (broad SMARTS) is 1. The minimum absolute atomic E-state index is 0.00607. The largest absolute Gasteiger partial charge is 0.481 e. The maximum absolute atomic E-state index is 14.0. The number of aromatic nitrogens is 4. The van der Waals surface area contributed by atoms with Crippen molar-refractivity contribution in [3.05, 3.63) is 82.6 Å². The highest BCUT2D eigenvalue weighted by atomic mass is 19.1. The zero-order valence-electron chi connectivity index (χ0n) is 20.6. The molecule has 1 aromatic carbocycles. The van der Waals surface area contributed by atoms with Crippen molar-refractivity contribution in [1.29, 1.82) is 0 Å². The summed E-state index contributed by atoms with van der Waals surface area (Å²) >= 11 is 0. The lowest BCUT2D eigenvalue weighted by atomic mass is 9.79. The second kappa shape index (κ2) is 9.72. The Balaban J connectivity index is 1.39. The van der Waals surface area contributed by atoms with Gasteiger partial charge >= 0.3 is 5.97 Å². The van der Waals surface area contributed by atoms with Gasteiger partial charge in [0.2, 0.25) is 0 Å². The van der Waals surface area contributed by atoms with Crippen molar-refractivity contribution in [2.45, 2.75) is 76.0 Å². The van der Waals surface area contributed by atoms with Gasteiger partial charge in [-0.25, -0.2) is 13.5 Å². The van der Waals surface area contributed by atoms with Crippen LogP contribution in [0.5, 0.6) is 0 Å². The molecule has 0 fully saturated rings. The van der Waals surface area contributed by atoms with Crippen LogP contribution in [-0.4, -0.2) is 36.8 Å². The Bertz CT molecular complexity index is 1450. The van der Waals surface area contributed by atoms with Crippen LogP contribution in [0.2, 0.25) is 0 Å². The van der Waals surface area contributed by atoms with E-state index >= 15 is 0 Å². The summed E-state index contributed by atoms with van der Waals surface area (Å²) < 4.78 is 32.1. The molecule has 0 bridgehead atoms. The number of rotatable bonds is 6. The molecule has 37 heavy (non-hydrogen) atoms. The van der Waals surface area contributed by atoms with E-state index in [0.29, 0.717) is 38.6 Å². The molecule has 8 heteroatoms. The molecule has 0 amide bonds. The monoisotopic (exact) mass is 504 g/mol. The average molecular weight is 505 g/mol. The van der Waals surface area contributed by atoms with Crippen LogP contribution in [0.4, 0.5) is 8.78 Å². The SMILES string of the molecule is O=C(O)Cc1c2n(c3ccccc13)CC(n1nncc1C(C1=CC=C(F)CC1)C1=CCC(F)CC1)CC2. The summed E-state index contributed by atoms with van der Waals surface area (Å²) in [6.45, 7) is 0.664. The lowest BCUT2D eigenvalue weighted by Crippen LogP contribution is -2.27. The van der Waals surface area contributed by atoms with E-state index in [0.717, 1.165) is 51.8 Å². The number of carbonyl (C=O) groups is 1. The van der Waals surface area contributed by atoms with Crippen LogP contribution in [-0.2, 0) is 24.2 Å². The Labute approximate surface area is 214 Å². The Morgan fingerprint density at radius 3 is 2.73 bits per heavy atom. The summed E-state index contributed by atoms with van der Waals surface area (Å²) in [5.41, 5.74) is 6.24. The second-order valence-corrected chi connectivity index (χ2v) is 10.4. The molecule has 0 spiro atoms. The van der Waals surface area contributed by atoms with Crippen LogP contribution in [0.25, 0.3) is 10.9 Å². The normalized spacial score (nSPS) is 22.7. The van der Waals surface area contributed by atoms with E-state index in [-0.39, 0.29) is 24.2 Å². The number of para-hydroxylation sites is 1. The molecule has 3 aliphatic rings. The summed E-state index contributed by atoms with van der Waals surface area (Å²) in [5.74, 6) is -1.05. The molecule has 0 saturated heterocycles. The lowest BCUT2D eigenvalue weighted by molar-refractivity contribution is -0.136. The summed E-state index contributed by atoms with van der Waals surface area (Å²) in [6.07, 6.45) is 10.5. The molecule has 192 valence electrons. The van der Waals surface area contributed by atoms with Gasteiger partial charge in [-0.3, -0.25) is 4.79 Å². The first-order chi connectivity index (χ1) is 18.0. The number of hydrogen-bond acceptors (Lipinski definition) is 3. The number of benzene rings is 1. The predicted molar refractivity (Wildman–Crippen MR) is 137 cm³/mol. The predicted octanol–water partition coefficient (Wildman–Crippen LogP) is 6.15. The van der Waals surface area contributed by atoms with E-state index in [1.807, 2.05) is 47.3 Å². The third-order valence-electron chi connectivity index (χ3n) is 8.13. The zero-order chi connectivity index (χ0) is 25.5. The molecular formula is C29H30F2N4O2. The molecule has 3 unspecified atom stereocenters. The van der Waals surface area contributed by atoms with Gasteiger partial charge in [0.25, 0.3) is 0 Å². The van der Waals surface area contributed by atoms with Crippen molar-refractivity contribution < 1.29 is 18.7 Å².